The van der Waals surface area contributed by atoms with Gasteiger partial charge in [-0.15, -0.1) is 11.3 Å². The minimum absolute atomic E-state index is 0.00753. The van der Waals surface area contributed by atoms with Crippen molar-refractivity contribution >= 4 is 40.7 Å². The number of amidine groups is 1. The van der Waals surface area contributed by atoms with E-state index in [0.29, 0.717) is 10.6 Å². The van der Waals surface area contributed by atoms with Gasteiger partial charge in [-0.05, 0) is 25.5 Å². The molecule has 1 saturated heterocycles. The zero-order valence-electron chi connectivity index (χ0n) is 20.6. The van der Waals surface area contributed by atoms with E-state index in [-0.39, 0.29) is 41.7 Å². The first kappa shape index (κ1) is 28.1. The van der Waals surface area contributed by atoms with Crippen LogP contribution in [-0.2, 0) is 14.3 Å². The molecule has 2 N–H and O–H groups in total. The summed E-state index contributed by atoms with van der Waals surface area (Å²) in [5.41, 5.74) is 0.618. The molecule has 38 heavy (non-hydrogen) atoms. The third-order valence-electron chi connectivity index (χ3n) is 6.41. The van der Waals surface area contributed by atoms with Gasteiger partial charge in [0.2, 0.25) is 0 Å². The van der Waals surface area contributed by atoms with E-state index < -0.39 is 54.6 Å². The summed E-state index contributed by atoms with van der Waals surface area (Å²) in [5, 5.41) is 14.7. The molecule has 3 heterocycles. The second kappa shape index (κ2) is 11.4. The molecular formula is C25H26ClF3N4O4S. The quantitative estimate of drug-likeness (QED) is 0.422. The molecule has 2 aromatic rings. The molecule has 2 aliphatic heterocycles. The van der Waals surface area contributed by atoms with Gasteiger partial charge in [0.05, 0.1) is 24.6 Å². The minimum atomic E-state index is -3.03. The molecule has 4 rings (SSSR count). The lowest BCUT2D eigenvalue weighted by molar-refractivity contribution is -0.142. The zero-order valence-corrected chi connectivity index (χ0v) is 22.2. The van der Waals surface area contributed by atoms with Gasteiger partial charge in [0, 0.05) is 46.9 Å². The van der Waals surface area contributed by atoms with Crippen LogP contribution in [0.15, 0.2) is 46.0 Å². The maximum Gasteiger partial charge on any atom is 0.338 e. The number of carboxylic acid groups (broad SMARTS) is 1. The summed E-state index contributed by atoms with van der Waals surface area (Å²) < 4.78 is 48.3. The summed E-state index contributed by atoms with van der Waals surface area (Å²) in [5.74, 6) is -5.97. The van der Waals surface area contributed by atoms with Gasteiger partial charge in [-0.2, -0.15) is 0 Å². The van der Waals surface area contributed by atoms with Gasteiger partial charge in [0.25, 0.3) is 5.92 Å². The Morgan fingerprint density at radius 2 is 2.16 bits per heavy atom. The Balaban J connectivity index is 1.80. The van der Waals surface area contributed by atoms with Crippen LogP contribution in [-0.4, -0.2) is 64.4 Å². The smallest absolute Gasteiger partial charge is 0.338 e. The predicted octanol–water partition coefficient (Wildman–Crippen LogP) is 4.66. The van der Waals surface area contributed by atoms with Gasteiger partial charge in [-0.25, -0.2) is 22.9 Å². The lowest BCUT2D eigenvalue weighted by Gasteiger charge is -2.31. The van der Waals surface area contributed by atoms with Crippen molar-refractivity contribution in [3.63, 3.8) is 0 Å². The maximum absolute atomic E-state index is 14.6. The monoisotopic (exact) mass is 570 g/mol. The largest absolute Gasteiger partial charge is 0.481 e. The molecule has 0 amide bonds. The van der Waals surface area contributed by atoms with Crippen molar-refractivity contribution in [1.82, 2.24) is 15.2 Å². The van der Waals surface area contributed by atoms with Gasteiger partial charge in [-0.3, -0.25) is 14.7 Å². The van der Waals surface area contributed by atoms with Crippen molar-refractivity contribution in [1.29, 1.82) is 0 Å². The van der Waals surface area contributed by atoms with Crippen LogP contribution in [0.4, 0.5) is 13.2 Å². The van der Waals surface area contributed by atoms with Crippen molar-refractivity contribution in [2.24, 2.45) is 10.9 Å². The highest BCUT2D eigenvalue weighted by Gasteiger charge is 2.46. The van der Waals surface area contributed by atoms with Crippen LogP contribution in [0.5, 0.6) is 0 Å². The van der Waals surface area contributed by atoms with E-state index in [9.17, 15) is 27.9 Å². The molecular weight excluding hydrogens is 545 g/mol. The number of rotatable bonds is 9. The van der Waals surface area contributed by atoms with Crippen molar-refractivity contribution in [3.8, 4) is 0 Å². The number of likely N-dealkylation sites (tertiary alicyclic amines) is 1. The lowest BCUT2D eigenvalue weighted by atomic mass is 9.94. The van der Waals surface area contributed by atoms with Crippen LogP contribution in [0.25, 0.3) is 0 Å². The van der Waals surface area contributed by atoms with Gasteiger partial charge in [0.1, 0.15) is 11.9 Å². The molecule has 1 fully saturated rings. The molecule has 8 nitrogen and oxygen atoms in total. The minimum Gasteiger partial charge on any atom is -0.481 e. The summed E-state index contributed by atoms with van der Waals surface area (Å²) in [6.45, 7) is 2.39. The van der Waals surface area contributed by atoms with Crippen molar-refractivity contribution in [2.45, 2.75) is 44.7 Å². The van der Waals surface area contributed by atoms with Gasteiger partial charge in [-0.1, -0.05) is 24.6 Å². The van der Waals surface area contributed by atoms with E-state index in [0.717, 1.165) is 6.07 Å². The first-order valence-electron chi connectivity index (χ1n) is 11.9. The first-order chi connectivity index (χ1) is 18.0. The fraction of sp³-hybridized carbons (Fsp3) is 0.440. The number of hydrogen-bond donors (Lipinski definition) is 2. The van der Waals surface area contributed by atoms with E-state index >= 15 is 0 Å². The van der Waals surface area contributed by atoms with Crippen LogP contribution in [0, 0.1) is 11.7 Å². The SMILES string of the molecule is CCOC(=O)C1=C(CN2CC(F)(F)CC2CC(C)C(=O)O)NC(c2nccs2)=NC1c1ccc(F)cc1Cl. The van der Waals surface area contributed by atoms with Gasteiger partial charge in [0.15, 0.2) is 10.8 Å². The normalized spacial score (nSPS) is 22.1. The van der Waals surface area contributed by atoms with E-state index in [1.165, 1.54) is 35.3 Å². The number of carbonyl (C=O) groups excluding carboxylic acids is 1. The van der Waals surface area contributed by atoms with Crippen LogP contribution >= 0.6 is 22.9 Å². The number of aliphatic carboxylic acids is 1. The molecule has 0 saturated carbocycles. The summed E-state index contributed by atoms with van der Waals surface area (Å²) in [4.78, 5) is 35.1. The molecule has 13 heteroatoms. The van der Waals surface area contributed by atoms with Crippen LogP contribution in [0.3, 0.4) is 0 Å². The van der Waals surface area contributed by atoms with Crippen molar-refractivity contribution < 1.29 is 32.6 Å². The lowest BCUT2D eigenvalue weighted by Crippen LogP contribution is -2.42. The molecule has 1 aromatic carbocycles. The molecule has 0 bridgehead atoms. The predicted molar refractivity (Wildman–Crippen MR) is 136 cm³/mol. The number of esters is 1. The Bertz CT molecular complexity index is 1270. The van der Waals surface area contributed by atoms with E-state index in [1.807, 2.05) is 0 Å². The molecule has 2 aliphatic rings. The number of aromatic nitrogens is 1. The van der Waals surface area contributed by atoms with E-state index in [4.69, 9.17) is 16.3 Å². The van der Waals surface area contributed by atoms with Crippen molar-refractivity contribution in [3.05, 3.63) is 62.5 Å². The molecule has 3 unspecified atom stereocenters. The summed E-state index contributed by atoms with van der Waals surface area (Å²) in [6.07, 6.45) is 1.07. The fourth-order valence-corrected chi connectivity index (χ4v) is 5.52. The average Bonchev–Trinajstić information content (AvgIpc) is 3.46. The van der Waals surface area contributed by atoms with E-state index in [2.05, 4.69) is 15.3 Å². The number of hydrogen-bond acceptors (Lipinski definition) is 8. The Morgan fingerprint density at radius 1 is 1.39 bits per heavy atom. The molecule has 3 atom stereocenters. The number of nitrogens with one attached hydrogen (secondary N) is 1. The molecule has 0 spiro atoms. The number of thiazole rings is 1. The standard InChI is InChI=1S/C25H26ClF3N4O4S/c1-3-37-24(36)19-18(11-33-12-25(28,29)10-15(33)8-13(2)23(34)35)31-21(22-30-6-7-38-22)32-20(19)16-5-4-14(27)9-17(16)26/h4-7,9,13,15,20H,3,8,10-12H2,1-2H3,(H,31,32)(H,34,35). The molecule has 204 valence electrons. The first-order valence-corrected chi connectivity index (χ1v) is 13.2. The third-order valence-corrected chi connectivity index (χ3v) is 7.51. The number of alkyl halides is 2. The molecule has 0 aliphatic carbocycles. The second-order valence-corrected chi connectivity index (χ2v) is 10.5. The topological polar surface area (TPSA) is 104 Å². The van der Waals surface area contributed by atoms with E-state index in [1.54, 1.807) is 18.5 Å². The Morgan fingerprint density at radius 3 is 2.79 bits per heavy atom. The molecule has 1 aromatic heterocycles. The number of nitrogens with zero attached hydrogens (tertiary/aromatic N) is 3. The summed E-state index contributed by atoms with van der Waals surface area (Å²) in [6, 6.07) is 1.92. The highest BCUT2D eigenvalue weighted by atomic mass is 35.5. The van der Waals surface area contributed by atoms with Crippen LogP contribution < -0.4 is 5.32 Å². The number of benzene rings is 1. The highest BCUT2D eigenvalue weighted by Crippen LogP contribution is 2.39. The molecule has 0 radical (unpaired) electrons. The Hall–Kier alpha value is -2.96. The second-order valence-electron chi connectivity index (χ2n) is 9.21. The summed E-state index contributed by atoms with van der Waals surface area (Å²) in [7, 11) is 0. The number of ether oxygens (including phenoxy) is 1. The average molecular weight is 571 g/mol. The van der Waals surface area contributed by atoms with Gasteiger partial charge < -0.3 is 15.2 Å². The van der Waals surface area contributed by atoms with Crippen LogP contribution in [0.1, 0.15) is 43.3 Å². The Kier molecular flexibility index (Phi) is 8.43. The Labute approximate surface area is 226 Å². The number of halogens is 4. The van der Waals surface area contributed by atoms with Gasteiger partial charge >= 0.3 is 11.9 Å². The van der Waals surface area contributed by atoms with Crippen molar-refractivity contribution in [2.75, 3.05) is 19.7 Å². The maximum atomic E-state index is 14.6. The number of aliphatic imine (C=N–C) groups is 1. The fourth-order valence-electron chi connectivity index (χ4n) is 4.66. The van der Waals surface area contributed by atoms with Crippen LogP contribution in [0.2, 0.25) is 5.02 Å². The third kappa shape index (κ3) is 6.19. The number of carbonyl (C=O) groups is 2. The number of carboxylic acids is 1. The highest BCUT2D eigenvalue weighted by molar-refractivity contribution is 7.11. The zero-order chi connectivity index (χ0) is 27.6. The summed E-state index contributed by atoms with van der Waals surface area (Å²) >= 11 is 7.64.